The first-order valence-corrected chi connectivity index (χ1v) is 10.1. The Bertz CT molecular complexity index is 730. The van der Waals surface area contributed by atoms with E-state index in [0.717, 1.165) is 47.5 Å². The molecule has 1 aromatic carbocycles. The number of benzene rings is 1. The summed E-state index contributed by atoms with van der Waals surface area (Å²) in [6.07, 6.45) is 0.964. The van der Waals surface area contributed by atoms with Crippen molar-refractivity contribution in [2.24, 2.45) is 0 Å². The Kier molecular flexibility index (Phi) is 5.98. The highest BCUT2D eigenvalue weighted by Gasteiger charge is 2.22. The number of nitrogens with zero attached hydrogens (tertiary/aromatic N) is 2. The summed E-state index contributed by atoms with van der Waals surface area (Å²) in [5.41, 5.74) is 1.14. The van der Waals surface area contributed by atoms with Crippen LogP contribution >= 0.6 is 23.1 Å². The second-order valence-corrected chi connectivity index (χ2v) is 8.43. The Labute approximate surface area is 156 Å². The van der Waals surface area contributed by atoms with Crippen molar-refractivity contribution in [3.8, 4) is 5.75 Å². The molecule has 0 aliphatic carbocycles. The third kappa shape index (κ3) is 4.54. The van der Waals surface area contributed by atoms with Crippen LogP contribution in [0.1, 0.15) is 24.4 Å². The van der Waals surface area contributed by atoms with Gasteiger partial charge in [-0.3, -0.25) is 9.69 Å². The van der Waals surface area contributed by atoms with Crippen molar-refractivity contribution >= 4 is 34.1 Å². The van der Waals surface area contributed by atoms with Gasteiger partial charge >= 0.3 is 0 Å². The van der Waals surface area contributed by atoms with Gasteiger partial charge in [-0.25, -0.2) is 4.98 Å². The third-order valence-corrected chi connectivity index (χ3v) is 6.34. The number of amides is 1. The highest BCUT2D eigenvalue weighted by molar-refractivity contribution is 8.00. The van der Waals surface area contributed by atoms with Gasteiger partial charge in [-0.2, -0.15) is 0 Å². The van der Waals surface area contributed by atoms with Crippen LogP contribution in [0.3, 0.4) is 0 Å². The Hall–Kier alpha value is -1.57. The van der Waals surface area contributed by atoms with Crippen molar-refractivity contribution in [3.63, 3.8) is 0 Å². The summed E-state index contributed by atoms with van der Waals surface area (Å²) < 4.78 is 5.16. The molecule has 1 aliphatic heterocycles. The molecule has 0 radical (unpaired) electrons. The minimum Gasteiger partial charge on any atom is -0.497 e. The van der Waals surface area contributed by atoms with Gasteiger partial charge in [-0.15, -0.1) is 23.1 Å². The van der Waals surface area contributed by atoms with Gasteiger partial charge in [0.25, 0.3) is 0 Å². The molecule has 1 atom stereocenters. The van der Waals surface area contributed by atoms with Gasteiger partial charge in [0.15, 0.2) is 5.13 Å². The average molecular weight is 378 g/mol. The molecule has 25 heavy (non-hydrogen) atoms. The van der Waals surface area contributed by atoms with Crippen LogP contribution in [-0.2, 0) is 17.8 Å². The summed E-state index contributed by atoms with van der Waals surface area (Å²) in [6, 6.07) is 7.74. The molecule has 2 aromatic rings. The lowest BCUT2D eigenvalue weighted by Gasteiger charge is -2.23. The smallest absolute Gasteiger partial charge is 0.239 e. The SMILES string of the molecule is CCN1CCc2nc(NC(=O)C(C)Sc3ccc(OC)cc3)sc2C1. The number of likely N-dealkylation sites (N-methyl/N-ethyl adjacent to an activating group) is 1. The molecular weight excluding hydrogens is 354 g/mol. The maximum absolute atomic E-state index is 12.5. The molecule has 0 spiro atoms. The topological polar surface area (TPSA) is 54.5 Å². The van der Waals surface area contributed by atoms with Gasteiger partial charge in [-0.1, -0.05) is 6.92 Å². The number of ether oxygens (including phenoxy) is 1. The number of carbonyl (C=O) groups excluding carboxylic acids is 1. The molecule has 1 aromatic heterocycles. The summed E-state index contributed by atoms with van der Waals surface area (Å²) >= 11 is 3.13. The van der Waals surface area contributed by atoms with Gasteiger partial charge < -0.3 is 10.1 Å². The quantitative estimate of drug-likeness (QED) is 0.779. The maximum atomic E-state index is 12.5. The van der Waals surface area contributed by atoms with Crippen LogP contribution in [0.2, 0.25) is 0 Å². The first-order chi connectivity index (χ1) is 12.1. The fraction of sp³-hybridized carbons (Fsp3) is 0.444. The number of methoxy groups -OCH3 is 1. The predicted octanol–water partition coefficient (Wildman–Crippen LogP) is 3.65. The Morgan fingerprint density at radius 3 is 2.88 bits per heavy atom. The van der Waals surface area contributed by atoms with E-state index in [1.807, 2.05) is 31.2 Å². The van der Waals surface area contributed by atoms with Gasteiger partial charge in [0.1, 0.15) is 5.75 Å². The molecule has 1 unspecified atom stereocenters. The summed E-state index contributed by atoms with van der Waals surface area (Å²) in [7, 11) is 1.64. The summed E-state index contributed by atoms with van der Waals surface area (Å²) in [5, 5.41) is 3.50. The van der Waals surface area contributed by atoms with Crippen molar-refractivity contribution < 1.29 is 9.53 Å². The molecule has 1 amide bonds. The van der Waals surface area contributed by atoms with Gasteiger partial charge in [0.2, 0.25) is 5.91 Å². The van der Waals surface area contributed by atoms with Crippen molar-refractivity contribution in [2.75, 3.05) is 25.5 Å². The lowest BCUT2D eigenvalue weighted by Crippen LogP contribution is -2.29. The zero-order chi connectivity index (χ0) is 17.8. The molecular formula is C18H23N3O2S2. The molecule has 134 valence electrons. The molecule has 0 saturated carbocycles. The number of anilines is 1. The Morgan fingerprint density at radius 1 is 1.44 bits per heavy atom. The molecule has 0 saturated heterocycles. The lowest BCUT2D eigenvalue weighted by molar-refractivity contribution is -0.115. The number of thiazole rings is 1. The van der Waals surface area contributed by atoms with Crippen LogP contribution in [0.5, 0.6) is 5.75 Å². The molecule has 1 aliphatic rings. The average Bonchev–Trinajstić information content (AvgIpc) is 3.03. The Morgan fingerprint density at radius 2 is 2.20 bits per heavy atom. The van der Waals surface area contributed by atoms with Crippen LogP contribution < -0.4 is 10.1 Å². The molecule has 0 bridgehead atoms. The zero-order valence-corrected chi connectivity index (χ0v) is 16.4. The zero-order valence-electron chi connectivity index (χ0n) is 14.7. The first-order valence-electron chi connectivity index (χ1n) is 8.41. The molecule has 7 heteroatoms. The molecule has 1 N–H and O–H groups in total. The normalized spacial score (nSPS) is 15.5. The highest BCUT2D eigenvalue weighted by Crippen LogP contribution is 2.30. The van der Waals surface area contributed by atoms with E-state index in [9.17, 15) is 4.79 Å². The fourth-order valence-electron chi connectivity index (χ4n) is 2.69. The minimum absolute atomic E-state index is 0.0146. The Balaban J connectivity index is 1.59. The van der Waals surface area contributed by atoms with Crippen LogP contribution in [0.25, 0.3) is 0 Å². The van der Waals surface area contributed by atoms with E-state index in [2.05, 4.69) is 22.1 Å². The minimum atomic E-state index is -0.193. The van der Waals surface area contributed by atoms with Gasteiger partial charge in [-0.05, 0) is 37.7 Å². The monoisotopic (exact) mass is 377 g/mol. The van der Waals surface area contributed by atoms with Crippen molar-refractivity contribution in [1.82, 2.24) is 9.88 Å². The predicted molar refractivity (Wildman–Crippen MR) is 104 cm³/mol. The molecule has 2 heterocycles. The van der Waals surface area contributed by atoms with Crippen molar-refractivity contribution in [1.29, 1.82) is 0 Å². The fourth-order valence-corrected chi connectivity index (χ4v) is 4.61. The number of aromatic nitrogens is 1. The number of fused-ring (bicyclic) bond motifs is 1. The summed E-state index contributed by atoms with van der Waals surface area (Å²) in [5.74, 6) is 0.801. The van der Waals surface area contributed by atoms with Crippen LogP contribution in [-0.4, -0.2) is 41.2 Å². The van der Waals surface area contributed by atoms with Crippen LogP contribution in [0.4, 0.5) is 5.13 Å². The third-order valence-electron chi connectivity index (χ3n) is 4.23. The number of hydrogen-bond donors (Lipinski definition) is 1. The number of thioether (sulfide) groups is 1. The van der Waals surface area contributed by atoms with Gasteiger partial charge in [0, 0.05) is 29.3 Å². The van der Waals surface area contributed by atoms with Gasteiger partial charge in [0.05, 0.1) is 18.1 Å². The maximum Gasteiger partial charge on any atom is 0.239 e. The number of carbonyl (C=O) groups is 1. The standard InChI is InChI=1S/C18H23N3O2S2/c1-4-21-10-9-15-16(11-21)25-18(19-15)20-17(22)12(2)24-14-7-5-13(23-3)6-8-14/h5-8,12H,4,9-11H2,1-3H3,(H,19,20,22). The van der Waals surface area contributed by atoms with Crippen LogP contribution in [0, 0.1) is 0 Å². The first kappa shape index (κ1) is 18.2. The van der Waals surface area contributed by atoms with Crippen molar-refractivity contribution in [2.45, 2.75) is 37.0 Å². The molecule has 5 nitrogen and oxygen atoms in total. The number of rotatable bonds is 6. The molecule has 0 fully saturated rings. The number of hydrogen-bond acceptors (Lipinski definition) is 6. The molecule has 3 rings (SSSR count). The van der Waals surface area contributed by atoms with E-state index in [-0.39, 0.29) is 11.2 Å². The summed E-state index contributed by atoms with van der Waals surface area (Å²) in [4.78, 5) is 21.8. The second-order valence-electron chi connectivity index (χ2n) is 5.93. The van der Waals surface area contributed by atoms with E-state index in [1.54, 1.807) is 18.4 Å². The summed E-state index contributed by atoms with van der Waals surface area (Å²) in [6.45, 7) is 7.12. The van der Waals surface area contributed by atoms with E-state index >= 15 is 0 Å². The van der Waals surface area contributed by atoms with Crippen LogP contribution in [0.15, 0.2) is 29.2 Å². The van der Waals surface area contributed by atoms with Crippen molar-refractivity contribution in [3.05, 3.63) is 34.8 Å². The second kappa shape index (κ2) is 8.21. The van der Waals surface area contributed by atoms with E-state index in [4.69, 9.17) is 4.74 Å². The number of nitrogens with one attached hydrogen (secondary N) is 1. The largest absolute Gasteiger partial charge is 0.497 e. The van der Waals surface area contributed by atoms with E-state index in [1.165, 1.54) is 16.6 Å². The lowest BCUT2D eigenvalue weighted by atomic mass is 10.2. The van der Waals surface area contributed by atoms with E-state index in [0.29, 0.717) is 0 Å². The van der Waals surface area contributed by atoms with E-state index < -0.39 is 0 Å². The highest BCUT2D eigenvalue weighted by atomic mass is 32.2.